The average molecular weight is 200 g/mol. The fourth-order valence-electron chi connectivity index (χ4n) is 1.28. The minimum Gasteiger partial charge on any atom is -0.380 e. The highest BCUT2D eigenvalue weighted by Crippen LogP contribution is 2.08. The van der Waals surface area contributed by atoms with Crippen molar-refractivity contribution in [3.05, 3.63) is 48.3 Å². The predicted octanol–water partition coefficient (Wildman–Crippen LogP) is 1.79. The lowest BCUT2D eigenvalue weighted by Gasteiger charge is -2.05. The monoisotopic (exact) mass is 200 g/mol. The molecule has 0 saturated heterocycles. The van der Waals surface area contributed by atoms with Crippen LogP contribution in [0.4, 0.5) is 5.69 Å². The highest BCUT2D eigenvalue weighted by atomic mass is 14.9. The molecule has 0 saturated carbocycles. The molecule has 0 atom stereocenters. The number of hydrogen-bond acceptors (Lipinski definition) is 4. The van der Waals surface area contributed by atoms with Crippen molar-refractivity contribution < 1.29 is 0 Å². The highest BCUT2D eigenvalue weighted by Gasteiger charge is 1.94. The minimum atomic E-state index is 0.714. The lowest BCUT2D eigenvalue weighted by molar-refractivity contribution is 1.05. The number of anilines is 1. The molecule has 2 rings (SSSR count). The van der Waals surface area contributed by atoms with Crippen molar-refractivity contribution in [2.24, 2.45) is 0 Å². The molecule has 0 aliphatic heterocycles. The van der Waals surface area contributed by atoms with Gasteiger partial charge in [-0.3, -0.25) is 4.98 Å². The summed E-state index contributed by atoms with van der Waals surface area (Å²) in [5, 5.41) is 3.26. The molecule has 1 N–H and O–H groups in total. The molecule has 76 valence electrons. The lowest BCUT2D eigenvalue weighted by Crippen LogP contribution is -2.00. The molecule has 2 aromatic rings. The first-order valence-corrected chi connectivity index (χ1v) is 4.74. The van der Waals surface area contributed by atoms with Crippen LogP contribution in [-0.2, 0) is 6.54 Å². The smallest absolute Gasteiger partial charge is 0.115 e. The number of nitrogens with one attached hydrogen (secondary N) is 1. The van der Waals surface area contributed by atoms with Gasteiger partial charge in [-0.05, 0) is 18.6 Å². The fraction of sp³-hybridized carbons (Fsp3) is 0.182. The zero-order valence-corrected chi connectivity index (χ0v) is 8.51. The van der Waals surface area contributed by atoms with Crippen LogP contribution in [0.1, 0.15) is 11.1 Å². The Labute approximate surface area is 88.4 Å². The summed E-state index contributed by atoms with van der Waals surface area (Å²) in [5.41, 5.74) is 3.21. The third kappa shape index (κ3) is 2.74. The van der Waals surface area contributed by atoms with Gasteiger partial charge in [-0.2, -0.15) is 0 Å². The van der Waals surface area contributed by atoms with Crippen molar-refractivity contribution >= 4 is 5.69 Å². The molecular formula is C11H12N4. The highest BCUT2D eigenvalue weighted by molar-refractivity contribution is 5.42. The Hall–Kier alpha value is -1.97. The Morgan fingerprint density at radius 1 is 1.07 bits per heavy atom. The molecule has 0 fully saturated rings. The maximum atomic E-state index is 4.10. The molecule has 0 aromatic carbocycles. The van der Waals surface area contributed by atoms with E-state index in [4.69, 9.17) is 0 Å². The molecule has 4 nitrogen and oxygen atoms in total. The molecule has 0 bridgehead atoms. The normalized spacial score (nSPS) is 9.93. The van der Waals surface area contributed by atoms with Crippen LogP contribution in [0.5, 0.6) is 0 Å². The molecular weight excluding hydrogens is 188 g/mol. The van der Waals surface area contributed by atoms with Gasteiger partial charge in [0.1, 0.15) is 6.33 Å². The van der Waals surface area contributed by atoms with Crippen LogP contribution >= 0.6 is 0 Å². The number of rotatable bonds is 3. The van der Waals surface area contributed by atoms with Crippen LogP contribution in [0.25, 0.3) is 0 Å². The molecule has 15 heavy (non-hydrogen) atoms. The zero-order chi connectivity index (χ0) is 10.5. The van der Waals surface area contributed by atoms with Gasteiger partial charge in [0.2, 0.25) is 0 Å². The van der Waals surface area contributed by atoms with E-state index in [9.17, 15) is 0 Å². The quantitative estimate of drug-likeness (QED) is 0.820. The van der Waals surface area contributed by atoms with Gasteiger partial charge < -0.3 is 5.32 Å². The van der Waals surface area contributed by atoms with Crippen LogP contribution in [-0.4, -0.2) is 15.0 Å². The number of nitrogens with zero attached hydrogens (tertiary/aromatic N) is 3. The van der Waals surface area contributed by atoms with E-state index >= 15 is 0 Å². The summed E-state index contributed by atoms with van der Waals surface area (Å²) in [7, 11) is 0. The SMILES string of the molecule is Cc1cncc(NCc2cncnc2)c1. The minimum absolute atomic E-state index is 0.714. The molecule has 0 radical (unpaired) electrons. The Morgan fingerprint density at radius 3 is 2.60 bits per heavy atom. The lowest BCUT2D eigenvalue weighted by atomic mass is 10.3. The fourth-order valence-corrected chi connectivity index (χ4v) is 1.28. The molecule has 0 aliphatic rings. The van der Waals surface area contributed by atoms with Crippen LogP contribution < -0.4 is 5.32 Å². The van der Waals surface area contributed by atoms with Gasteiger partial charge in [-0.15, -0.1) is 0 Å². The van der Waals surface area contributed by atoms with Crippen molar-refractivity contribution in [1.29, 1.82) is 0 Å². The van der Waals surface area contributed by atoms with Gasteiger partial charge in [-0.25, -0.2) is 9.97 Å². The Morgan fingerprint density at radius 2 is 1.87 bits per heavy atom. The molecule has 4 heteroatoms. The van der Waals surface area contributed by atoms with E-state index in [0.29, 0.717) is 6.54 Å². The van der Waals surface area contributed by atoms with E-state index in [-0.39, 0.29) is 0 Å². The van der Waals surface area contributed by atoms with Crippen LogP contribution in [0.3, 0.4) is 0 Å². The summed E-state index contributed by atoms with van der Waals surface area (Å²) in [4.78, 5) is 12.0. The van der Waals surface area contributed by atoms with Crippen molar-refractivity contribution in [3.63, 3.8) is 0 Å². The molecule has 2 heterocycles. The summed E-state index contributed by atoms with van der Waals surface area (Å²) < 4.78 is 0. The van der Waals surface area contributed by atoms with Crippen LogP contribution in [0.2, 0.25) is 0 Å². The summed E-state index contributed by atoms with van der Waals surface area (Å²) in [6.07, 6.45) is 8.75. The topological polar surface area (TPSA) is 50.7 Å². The summed E-state index contributed by atoms with van der Waals surface area (Å²) in [5.74, 6) is 0. The van der Waals surface area contributed by atoms with Crippen molar-refractivity contribution in [2.75, 3.05) is 5.32 Å². The van der Waals surface area contributed by atoms with Gasteiger partial charge in [0.25, 0.3) is 0 Å². The predicted molar refractivity (Wildman–Crippen MR) is 58.3 cm³/mol. The number of pyridine rings is 1. The Balaban J connectivity index is 1.99. The van der Waals surface area contributed by atoms with Crippen LogP contribution in [0, 0.1) is 6.92 Å². The number of aryl methyl sites for hydroxylation is 1. The first-order chi connectivity index (χ1) is 7.34. The molecule has 0 unspecified atom stereocenters. The maximum Gasteiger partial charge on any atom is 0.115 e. The van der Waals surface area contributed by atoms with E-state index in [1.54, 1.807) is 18.6 Å². The second-order valence-electron chi connectivity index (χ2n) is 3.35. The van der Waals surface area contributed by atoms with E-state index in [1.165, 1.54) is 6.33 Å². The summed E-state index contributed by atoms with van der Waals surface area (Å²) in [6, 6.07) is 2.05. The largest absolute Gasteiger partial charge is 0.380 e. The number of aromatic nitrogens is 3. The third-order valence-corrected chi connectivity index (χ3v) is 1.99. The maximum absolute atomic E-state index is 4.10. The zero-order valence-electron chi connectivity index (χ0n) is 8.51. The average Bonchev–Trinajstić information content (AvgIpc) is 2.28. The Bertz CT molecular complexity index is 428. The third-order valence-electron chi connectivity index (χ3n) is 1.99. The number of hydrogen-bond donors (Lipinski definition) is 1. The first-order valence-electron chi connectivity index (χ1n) is 4.74. The summed E-state index contributed by atoms with van der Waals surface area (Å²) in [6.45, 7) is 2.73. The molecule has 0 amide bonds. The molecule has 0 aliphatic carbocycles. The Kier molecular flexibility index (Phi) is 2.88. The van der Waals surface area contributed by atoms with Gasteiger partial charge in [0.15, 0.2) is 0 Å². The second-order valence-corrected chi connectivity index (χ2v) is 3.35. The van der Waals surface area contributed by atoms with Gasteiger partial charge in [-0.1, -0.05) is 0 Å². The van der Waals surface area contributed by atoms with Crippen molar-refractivity contribution in [3.8, 4) is 0 Å². The second kappa shape index (κ2) is 4.50. The van der Waals surface area contributed by atoms with E-state index < -0.39 is 0 Å². The van der Waals surface area contributed by atoms with Crippen molar-refractivity contribution in [1.82, 2.24) is 15.0 Å². The molecule has 2 aromatic heterocycles. The standard InChI is InChI=1S/C11H12N4/c1-9-2-11(7-12-3-9)15-6-10-4-13-8-14-5-10/h2-5,7-8,15H,6H2,1H3. The van der Waals surface area contributed by atoms with Crippen molar-refractivity contribution in [2.45, 2.75) is 13.5 Å². The van der Waals surface area contributed by atoms with E-state index in [0.717, 1.165) is 16.8 Å². The van der Waals surface area contributed by atoms with Gasteiger partial charge in [0, 0.05) is 36.9 Å². The van der Waals surface area contributed by atoms with Gasteiger partial charge >= 0.3 is 0 Å². The van der Waals surface area contributed by atoms with E-state index in [2.05, 4.69) is 26.3 Å². The van der Waals surface area contributed by atoms with Crippen LogP contribution in [0.15, 0.2) is 37.2 Å². The first kappa shape index (κ1) is 9.58. The molecule has 0 spiro atoms. The summed E-state index contributed by atoms with van der Waals surface area (Å²) >= 11 is 0. The van der Waals surface area contributed by atoms with Gasteiger partial charge in [0.05, 0.1) is 5.69 Å². The van der Waals surface area contributed by atoms with E-state index in [1.807, 2.05) is 13.1 Å².